The zero-order chi connectivity index (χ0) is 28.9. The van der Waals surface area contributed by atoms with Gasteiger partial charge in [-0.15, -0.1) is 0 Å². The highest BCUT2D eigenvalue weighted by Gasteiger charge is 2.47. The fourth-order valence-electron chi connectivity index (χ4n) is 5.40. The number of hydrogen-bond donors (Lipinski definition) is 3. The number of nitrogens with two attached hydrogens (primary N) is 1. The molecule has 5 aromatic rings. The molecule has 3 aromatic carbocycles. The molecule has 41 heavy (non-hydrogen) atoms. The molecule has 206 valence electrons. The van der Waals surface area contributed by atoms with Crippen LogP contribution in [0.3, 0.4) is 0 Å². The van der Waals surface area contributed by atoms with Crippen LogP contribution in [0.1, 0.15) is 41.2 Å². The second-order valence-electron chi connectivity index (χ2n) is 10.4. The number of carbonyl (C=O) groups is 2. The van der Waals surface area contributed by atoms with Gasteiger partial charge in [-0.1, -0.05) is 54.6 Å². The van der Waals surface area contributed by atoms with Gasteiger partial charge in [-0.2, -0.15) is 5.10 Å². The number of halogens is 1. The van der Waals surface area contributed by atoms with E-state index in [1.807, 2.05) is 37.3 Å². The summed E-state index contributed by atoms with van der Waals surface area (Å²) in [6.45, 7) is 3.95. The fraction of sp³-hybridized carbons (Fsp3) is 0.194. The lowest BCUT2D eigenvalue weighted by Crippen LogP contribution is -2.33. The summed E-state index contributed by atoms with van der Waals surface area (Å²) in [7, 11) is 0. The molecule has 0 unspecified atom stereocenters. The Morgan fingerprint density at radius 3 is 2.59 bits per heavy atom. The number of rotatable bonds is 7. The first-order valence-corrected chi connectivity index (χ1v) is 13.2. The van der Waals surface area contributed by atoms with Crippen molar-refractivity contribution in [2.75, 3.05) is 11.1 Å². The number of carbonyl (C=O) groups excluding carboxylic acids is 1. The second-order valence-corrected chi connectivity index (χ2v) is 10.4. The summed E-state index contributed by atoms with van der Waals surface area (Å²) in [5, 5.41) is 17.4. The van der Waals surface area contributed by atoms with Gasteiger partial charge in [0, 0.05) is 17.4 Å². The Labute approximate surface area is 234 Å². The van der Waals surface area contributed by atoms with Crippen LogP contribution in [0.2, 0.25) is 0 Å². The van der Waals surface area contributed by atoms with E-state index < -0.39 is 11.4 Å². The van der Waals surface area contributed by atoms with E-state index in [-0.39, 0.29) is 36.3 Å². The quantitative estimate of drug-likeness (QED) is 0.264. The minimum Gasteiger partial charge on any atom is -0.481 e. The molecule has 0 saturated carbocycles. The molecule has 0 spiro atoms. The van der Waals surface area contributed by atoms with Crippen molar-refractivity contribution in [2.24, 2.45) is 0 Å². The number of nitrogens with one attached hydrogen (secondary N) is 1. The Morgan fingerprint density at radius 2 is 1.85 bits per heavy atom. The van der Waals surface area contributed by atoms with Crippen LogP contribution in [0.4, 0.5) is 16.0 Å². The molecule has 0 saturated heterocycles. The van der Waals surface area contributed by atoms with E-state index >= 15 is 0 Å². The zero-order valence-electron chi connectivity index (χ0n) is 22.5. The van der Waals surface area contributed by atoms with Crippen molar-refractivity contribution in [2.45, 2.75) is 38.6 Å². The van der Waals surface area contributed by atoms with Crippen molar-refractivity contribution in [1.82, 2.24) is 19.7 Å². The minimum absolute atomic E-state index is 0.0216. The van der Waals surface area contributed by atoms with E-state index in [9.17, 15) is 14.0 Å². The Balaban J connectivity index is 1.41. The molecule has 1 amide bonds. The Hall–Kier alpha value is -5.12. The molecular formula is C31H27FN6O3. The molecular weight excluding hydrogens is 523 g/mol. The lowest BCUT2D eigenvalue weighted by atomic mass is 9.77. The number of aryl methyl sites for hydroxylation is 2. The number of carboxylic acids is 1. The van der Waals surface area contributed by atoms with Gasteiger partial charge in [0.25, 0.3) is 0 Å². The van der Waals surface area contributed by atoms with Crippen molar-refractivity contribution in [1.29, 1.82) is 0 Å². The molecule has 0 bridgehead atoms. The highest BCUT2D eigenvalue weighted by molar-refractivity contribution is 6.09. The van der Waals surface area contributed by atoms with Crippen molar-refractivity contribution < 1.29 is 19.1 Å². The Kier molecular flexibility index (Phi) is 6.25. The van der Waals surface area contributed by atoms with E-state index in [4.69, 9.17) is 20.9 Å². The Bertz CT molecular complexity index is 1850. The van der Waals surface area contributed by atoms with Gasteiger partial charge in [-0.25, -0.2) is 14.4 Å². The first-order valence-electron chi connectivity index (χ1n) is 13.2. The van der Waals surface area contributed by atoms with Crippen molar-refractivity contribution in [3.8, 4) is 11.5 Å². The molecule has 3 heterocycles. The maximum atomic E-state index is 14.5. The number of nitrogens with zero attached hydrogens (tertiary/aromatic N) is 4. The summed E-state index contributed by atoms with van der Waals surface area (Å²) < 4.78 is 16.2. The summed E-state index contributed by atoms with van der Waals surface area (Å²) in [6, 6.07) is 19.7. The number of anilines is 2. The molecule has 0 radical (unpaired) electrons. The van der Waals surface area contributed by atoms with E-state index in [1.165, 1.54) is 6.07 Å². The minimum atomic E-state index is -1.15. The molecule has 1 aliphatic heterocycles. The highest BCUT2D eigenvalue weighted by Crippen LogP contribution is 2.45. The van der Waals surface area contributed by atoms with Gasteiger partial charge in [0.05, 0.1) is 17.6 Å². The van der Waals surface area contributed by atoms with Crippen molar-refractivity contribution in [3.63, 3.8) is 0 Å². The standard InChI is InChI=1S/C31H27FN6O3/c1-17-7-13-21-23(15-17)38(16-19-5-3-4-6-22(19)32)37-26(21)29-34-27(33)25-28(35-29)36-30(41)31(25,2)20-11-8-18(9-12-20)10-14-24(39)40/h3-9,11-13,15H,10,14,16H2,1-2H3,(H,39,40)(H3,33,34,35,36,41)/t31-/m1/s1. The molecule has 1 atom stereocenters. The average Bonchev–Trinajstić information content (AvgIpc) is 3.43. The van der Waals surface area contributed by atoms with Gasteiger partial charge in [-0.3, -0.25) is 14.3 Å². The zero-order valence-corrected chi connectivity index (χ0v) is 22.5. The first-order chi connectivity index (χ1) is 19.6. The number of aliphatic carboxylic acids is 1. The van der Waals surface area contributed by atoms with Crippen LogP contribution in [0.5, 0.6) is 0 Å². The summed E-state index contributed by atoms with van der Waals surface area (Å²) in [5.41, 5.74) is 10.2. The average molecular weight is 551 g/mol. The normalized spacial score (nSPS) is 16.1. The molecule has 4 N–H and O–H groups in total. The predicted octanol–water partition coefficient (Wildman–Crippen LogP) is 4.85. The molecule has 6 rings (SSSR count). The maximum Gasteiger partial charge on any atom is 0.303 e. The highest BCUT2D eigenvalue weighted by atomic mass is 19.1. The van der Waals surface area contributed by atoms with Gasteiger partial charge in [-0.05, 0) is 49.1 Å². The fourth-order valence-corrected chi connectivity index (χ4v) is 5.40. The molecule has 0 aliphatic carbocycles. The lowest BCUT2D eigenvalue weighted by molar-refractivity contribution is -0.137. The summed E-state index contributed by atoms with van der Waals surface area (Å²) >= 11 is 0. The molecule has 0 fully saturated rings. The summed E-state index contributed by atoms with van der Waals surface area (Å²) in [4.78, 5) is 33.6. The molecule has 1 aliphatic rings. The first kappa shape index (κ1) is 26.1. The molecule has 9 nitrogen and oxygen atoms in total. The molecule has 10 heteroatoms. The van der Waals surface area contributed by atoms with Crippen LogP contribution in [0.25, 0.3) is 22.4 Å². The van der Waals surface area contributed by atoms with Crippen LogP contribution in [0.15, 0.2) is 66.7 Å². The second kappa shape index (κ2) is 9.81. The number of nitrogen functional groups attached to an aromatic ring is 1. The van der Waals surface area contributed by atoms with E-state index in [2.05, 4.69) is 10.3 Å². The van der Waals surface area contributed by atoms with Gasteiger partial charge in [0.15, 0.2) is 5.82 Å². The van der Waals surface area contributed by atoms with Crippen LogP contribution in [0, 0.1) is 12.7 Å². The van der Waals surface area contributed by atoms with Crippen LogP contribution < -0.4 is 11.1 Å². The van der Waals surface area contributed by atoms with Crippen molar-refractivity contribution in [3.05, 3.63) is 100 Å². The third-order valence-electron chi connectivity index (χ3n) is 7.68. The van der Waals surface area contributed by atoms with E-state index in [0.29, 0.717) is 34.6 Å². The predicted molar refractivity (Wildman–Crippen MR) is 153 cm³/mol. The monoisotopic (exact) mass is 550 g/mol. The lowest BCUT2D eigenvalue weighted by Gasteiger charge is -2.23. The number of amides is 1. The van der Waals surface area contributed by atoms with Gasteiger partial charge >= 0.3 is 5.97 Å². The van der Waals surface area contributed by atoms with Crippen LogP contribution >= 0.6 is 0 Å². The maximum absolute atomic E-state index is 14.5. The van der Waals surface area contributed by atoms with Crippen LogP contribution in [-0.4, -0.2) is 36.7 Å². The third kappa shape index (κ3) is 4.47. The van der Waals surface area contributed by atoms with Gasteiger partial charge in [0.1, 0.15) is 28.6 Å². The largest absolute Gasteiger partial charge is 0.481 e. The molecule has 2 aromatic heterocycles. The topological polar surface area (TPSA) is 136 Å². The number of hydrogen-bond acceptors (Lipinski definition) is 6. The number of carboxylic acid groups (broad SMARTS) is 1. The summed E-state index contributed by atoms with van der Waals surface area (Å²) in [5.74, 6) is -0.792. The van der Waals surface area contributed by atoms with Crippen LogP contribution in [-0.2, 0) is 28.0 Å². The SMILES string of the molecule is Cc1ccc2c(-c3nc(N)c4c(n3)NC(=O)[C@]4(C)c3ccc(CCC(=O)O)cc3)nn(Cc3ccccc3F)c2c1. The van der Waals surface area contributed by atoms with E-state index in [1.54, 1.807) is 41.9 Å². The summed E-state index contributed by atoms with van der Waals surface area (Å²) in [6.07, 6.45) is 0.411. The number of benzene rings is 3. The van der Waals surface area contributed by atoms with E-state index in [0.717, 1.165) is 22.0 Å². The number of aromatic nitrogens is 4. The third-order valence-corrected chi connectivity index (χ3v) is 7.68. The van der Waals surface area contributed by atoms with Gasteiger partial charge < -0.3 is 16.2 Å². The van der Waals surface area contributed by atoms with Crippen molar-refractivity contribution >= 4 is 34.4 Å². The Morgan fingerprint density at radius 1 is 1.10 bits per heavy atom. The van der Waals surface area contributed by atoms with Gasteiger partial charge in [0.2, 0.25) is 5.91 Å². The number of fused-ring (bicyclic) bond motifs is 2. The smallest absolute Gasteiger partial charge is 0.303 e.